The zero-order chi connectivity index (χ0) is 16.8. The van der Waals surface area contributed by atoms with Gasteiger partial charge in [0.1, 0.15) is 16.6 Å². The Morgan fingerprint density at radius 2 is 2.00 bits per heavy atom. The van der Waals surface area contributed by atoms with E-state index < -0.39 is 22.0 Å². The smallest absolute Gasteiger partial charge is 0.324 e. The first-order valence-electron chi connectivity index (χ1n) is 7.92. The maximum absolute atomic E-state index is 13.2. The van der Waals surface area contributed by atoms with Gasteiger partial charge in [-0.05, 0) is 39.0 Å². The number of methoxy groups -OCH3 is 1. The molecular formula is C15H22N2O5S. The zero-order valence-corrected chi connectivity index (χ0v) is 14.4. The molecule has 0 aromatic carbocycles. The van der Waals surface area contributed by atoms with E-state index in [9.17, 15) is 13.2 Å². The molecule has 1 aromatic heterocycles. The van der Waals surface area contributed by atoms with E-state index in [0.717, 1.165) is 25.7 Å². The minimum Gasteiger partial charge on any atom is -0.468 e. The molecule has 7 nitrogen and oxygen atoms in total. The summed E-state index contributed by atoms with van der Waals surface area (Å²) in [5, 5.41) is 3.75. The molecular weight excluding hydrogens is 320 g/mol. The molecule has 128 valence electrons. The van der Waals surface area contributed by atoms with E-state index in [-0.39, 0.29) is 22.6 Å². The summed E-state index contributed by atoms with van der Waals surface area (Å²) < 4.78 is 37.7. The highest BCUT2D eigenvalue weighted by Gasteiger charge is 2.52. The van der Waals surface area contributed by atoms with Crippen LogP contribution in [0.4, 0.5) is 0 Å². The van der Waals surface area contributed by atoms with Crippen LogP contribution in [-0.2, 0) is 19.6 Å². The number of esters is 1. The minimum atomic E-state index is -3.86. The van der Waals surface area contributed by atoms with E-state index in [1.807, 2.05) is 0 Å². The maximum Gasteiger partial charge on any atom is 0.324 e. The monoisotopic (exact) mass is 342 g/mol. The number of aromatic nitrogens is 1. The molecule has 0 amide bonds. The molecule has 23 heavy (non-hydrogen) atoms. The Bertz CT molecular complexity index is 692. The van der Waals surface area contributed by atoms with Crippen LogP contribution < -0.4 is 0 Å². The van der Waals surface area contributed by atoms with Crippen LogP contribution in [0.1, 0.15) is 43.6 Å². The van der Waals surface area contributed by atoms with Gasteiger partial charge in [0, 0.05) is 6.04 Å². The molecule has 0 radical (unpaired) electrons. The SMILES string of the molecule is COC(=O)[C@@H]1C[C@@H]2CCCC[C@H]2N1S(=O)(=O)c1c(C)noc1C. The third-order valence-electron chi connectivity index (χ3n) is 5.01. The fourth-order valence-electron chi connectivity index (χ4n) is 4.05. The predicted molar refractivity (Wildman–Crippen MR) is 81.2 cm³/mol. The van der Waals surface area contributed by atoms with Crippen molar-refractivity contribution in [2.24, 2.45) is 5.92 Å². The third-order valence-corrected chi connectivity index (χ3v) is 7.18. The van der Waals surface area contributed by atoms with Crippen molar-refractivity contribution in [3.8, 4) is 0 Å². The van der Waals surface area contributed by atoms with Crippen LogP contribution in [0.2, 0.25) is 0 Å². The van der Waals surface area contributed by atoms with Crippen molar-refractivity contribution in [3.63, 3.8) is 0 Å². The Balaban J connectivity index is 2.07. The number of ether oxygens (including phenoxy) is 1. The van der Waals surface area contributed by atoms with Crippen molar-refractivity contribution in [1.29, 1.82) is 0 Å². The van der Waals surface area contributed by atoms with E-state index in [2.05, 4.69) is 5.16 Å². The van der Waals surface area contributed by atoms with Crippen LogP contribution in [0.3, 0.4) is 0 Å². The fraction of sp³-hybridized carbons (Fsp3) is 0.733. The van der Waals surface area contributed by atoms with Gasteiger partial charge in [0.15, 0.2) is 5.76 Å². The number of carbonyl (C=O) groups is 1. The lowest BCUT2D eigenvalue weighted by atomic mass is 9.85. The molecule has 1 aliphatic heterocycles. The van der Waals surface area contributed by atoms with Crippen molar-refractivity contribution >= 4 is 16.0 Å². The number of carbonyl (C=O) groups excluding carboxylic acids is 1. The molecule has 3 rings (SSSR count). The molecule has 0 bridgehead atoms. The highest BCUT2D eigenvalue weighted by Crippen LogP contribution is 2.43. The first kappa shape index (κ1) is 16.4. The van der Waals surface area contributed by atoms with Gasteiger partial charge in [-0.1, -0.05) is 18.0 Å². The quantitative estimate of drug-likeness (QED) is 0.778. The molecule has 1 aromatic rings. The number of hydrogen-bond donors (Lipinski definition) is 0. The average molecular weight is 342 g/mol. The molecule has 0 spiro atoms. The van der Waals surface area contributed by atoms with Gasteiger partial charge in [-0.3, -0.25) is 4.79 Å². The summed E-state index contributed by atoms with van der Waals surface area (Å²) in [6.07, 6.45) is 4.31. The van der Waals surface area contributed by atoms with Crippen molar-refractivity contribution in [2.75, 3.05) is 7.11 Å². The normalized spacial score (nSPS) is 28.6. The number of sulfonamides is 1. The molecule has 8 heteroatoms. The number of aryl methyl sites for hydroxylation is 2. The molecule has 1 aliphatic carbocycles. The van der Waals surface area contributed by atoms with Crippen molar-refractivity contribution in [2.45, 2.75) is 62.9 Å². The molecule has 0 N–H and O–H groups in total. The standard InChI is InChI=1S/C15H22N2O5S/c1-9-14(10(2)22-16-9)23(19,20)17-12-7-5-4-6-11(12)8-13(17)15(18)21-3/h11-13H,4-8H2,1-3H3/t11-,12+,13-/m0/s1. The van der Waals surface area contributed by atoms with Crippen LogP contribution in [0.25, 0.3) is 0 Å². The van der Waals surface area contributed by atoms with Gasteiger partial charge in [0.25, 0.3) is 0 Å². The lowest BCUT2D eigenvalue weighted by molar-refractivity contribution is -0.144. The van der Waals surface area contributed by atoms with Crippen LogP contribution in [-0.4, -0.2) is 43.0 Å². The second kappa shape index (κ2) is 5.90. The molecule has 2 heterocycles. The summed E-state index contributed by atoms with van der Waals surface area (Å²) in [5.74, 6) is -0.0248. The van der Waals surface area contributed by atoms with Gasteiger partial charge in [0.2, 0.25) is 10.0 Å². The maximum atomic E-state index is 13.2. The average Bonchev–Trinajstić information content (AvgIpc) is 3.07. The van der Waals surface area contributed by atoms with Gasteiger partial charge >= 0.3 is 5.97 Å². The Hall–Kier alpha value is -1.41. The van der Waals surface area contributed by atoms with Crippen molar-refractivity contribution in [1.82, 2.24) is 9.46 Å². The number of hydrogen-bond acceptors (Lipinski definition) is 6. The predicted octanol–water partition coefficient (Wildman–Crippen LogP) is 1.79. The molecule has 2 aliphatic rings. The lowest BCUT2D eigenvalue weighted by Gasteiger charge is -2.32. The van der Waals surface area contributed by atoms with Gasteiger partial charge in [-0.2, -0.15) is 4.31 Å². The van der Waals surface area contributed by atoms with E-state index in [1.54, 1.807) is 13.8 Å². The fourth-order valence-corrected chi connectivity index (χ4v) is 6.21. The summed E-state index contributed by atoms with van der Waals surface area (Å²) in [7, 11) is -2.56. The van der Waals surface area contributed by atoms with Crippen LogP contribution in [0.5, 0.6) is 0 Å². The Kier molecular flexibility index (Phi) is 4.22. The van der Waals surface area contributed by atoms with E-state index in [1.165, 1.54) is 11.4 Å². The van der Waals surface area contributed by atoms with E-state index in [4.69, 9.17) is 9.26 Å². The first-order chi connectivity index (χ1) is 10.9. The topological polar surface area (TPSA) is 89.7 Å². The lowest BCUT2D eigenvalue weighted by Crippen LogP contribution is -2.46. The summed E-state index contributed by atoms with van der Waals surface area (Å²) >= 11 is 0. The highest BCUT2D eigenvalue weighted by atomic mass is 32.2. The van der Waals surface area contributed by atoms with Crippen molar-refractivity contribution in [3.05, 3.63) is 11.5 Å². The van der Waals surface area contributed by atoms with Gasteiger partial charge in [0.05, 0.1) is 7.11 Å². The van der Waals surface area contributed by atoms with Crippen LogP contribution in [0.15, 0.2) is 9.42 Å². The number of fused-ring (bicyclic) bond motifs is 1. The minimum absolute atomic E-state index is 0.0811. The van der Waals surface area contributed by atoms with Crippen molar-refractivity contribution < 1.29 is 22.5 Å². The largest absolute Gasteiger partial charge is 0.468 e. The van der Waals surface area contributed by atoms with Crippen LogP contribution >= 0.6 is 0 Å². The summed E-state index contributed by atoms with van der Waals surface area (Å²) in [4.78, 5) is 12.3. The zero-order valence-electron chi connectivity index (χ0n) is 13.6. The Morgan fingerprint density at radius 1 is 1.30 bits per heavy atom. The summed E-state index contributed by atoms with van der Waals surface area (Å²) in [6.45, 7) is 3.18. The first-order valence-corrected chi connectivity index (χ1v) is 9.36. The van der Waals surface area contributed by atoms with Gasteiger partial charge < -0.3 is 9.26 Å². The number of rotatable bonds is 3. The summed E-state index contributed by atoms with van der Waals surface area (Å²) in [5.41, 5.74) is 0.324. The molecule has 0 unspecified atom stereocenters. The van der Waals surface area contributed by atoms with Gasteiger partial charge in [-0.25, -0.2) is 8.42 Å². The van der Waals surface area contributed by atoms with E-state index in [0.29, 0.717) is 12.1 Å². The Morgan fingerprint density at radius 3 is 2.61 bits per heavy atom. The second-order valence-electron chi connectivity index (χ2n) is 6.37. The molecule has 1 saturated carbocycles. The molecule has 3 atom stereocenters. The Labute approximate surface area is 136 Å². The second-order valence-corrected chi connectivity index (χ2v) is 8.15. The summed E-state index contributed by atoms with van der Waals surface area (Å²) in [6, 6.07) is -0.904. The highest BCUT2D eigenvalue weighted by molar-refractivity contribution is 7.89. The molecule has 1 saturated heterocycles. The number of nitrogens with zero attached hydrogens (tertiary/aromatic N) is 2. The third kappa shape index (κ3) is 2.57. The van der Waals surface area contributed by atoms with Crippen LogP contribution in [0, 0.1) is 19.8 Å². The van der Waals surface area contributed by atoms with E-state index >= 15 is 0 Å². The van der Waals surface area contributed by atoms with Gasteiger partial charge in [-0.15, -0.1) is 0 Å². The molecule has 2 fully saturated rings.